The number of halogens is 2. The number of carbonyl (C=O) groups is 1. The number of aliphatic carboxylic acids is 1. The lowest BCUT2D eigenvalue weighted by Gasteiger charge is -2.14. The summed E-state index contributed by atoms with van der Waals surface area (Å²) in [5.41, 5.74) is 7.06. The van der Waals surface area contributed by atoms with Gasteiger partial charge in [0.15, 0.2) is 6.61 Å². The van der Waals surface area contributed by atoms with Crippen LogP contribution in [0.3, 0.4) is 0 Å². The molecule has 128 valence electrons. The molecule has 0 saturated heterocycles. The van der Waals surface area contributed by atoms with Gasteiger partial charge in [-0.2, -0.15) is 0 Å². The first kappa shape index (κ1) is 16.7. The minimum atomic E-state index is -1.18. The highest BCUT2D eigenvalue weighted by molar-refractivity contribution is 6.36. The Balaban J connectivity index is 2.03. The summed E-state index contributed by atoms with van der Waals surface area (Å²) in [6, 6.07) is 6.89. The van der Waals surface area contributed by atoms with Crippen molar-refractivity contribution >= 4 is 45.7 Å². The van der Waals surface area contributed by atoms with Crippen LogP contribution in [0.15, 0.2) is 36.7 Å². The first-order valence-corrected chi connectivity index (χ1v) is 7.43. The molecule has 9 heteroatoms. The number of anilines is 3. The van der Waals surface area contributed by atoms with Gasteiger partial charge in [0.1, 0.15) is 23.7 Å². The summed E-state index contributed by atoms with van der Waals surface area (Å²) >= 11 is 6.23. The third kappa shape index (κ3) is 3.69. The highest BCUT2D eigenvalue weighted by Gasteiger charge is 2.13. The van der Waals surface area contributed by atoms with Crippen molar-refractivity contribution in [1.29, 1.82) is 0 Å². The maximum atomic E-state index is 13.5. The van der Waals surface area contributed by atoms with Crippen molar-refractivity contribution in [2.24, 2.45) is 0 Å². The average Bonchev–Trinajstić information content (AvgIpc) is 2.54. The summed E-state index contributed by atoms with van der Waals surface area (Å²) in [5.74, 6) is -1.37. The fourth-order valence-corrected chi connectivity index (χ4v) is 2.56. The molecule has 0 aliphatic carbocycles. The molecule has 25 heavy (non-hydrogen) atoms. The Morgan fingerprint density at radius 1 is 1.32 bits per heavy atom. The minimum Gasteiger partial charge on any atom is -0.480 e. The van der Waals surface area contributed by atoms with Crippen LogP contribution in [0.5, 0.6) is 5.75 Å². The summed E-state index contributed by atoms with van der Waals surface area (Å²) in [6.07, 6.45) is 1.32. The molecule has 3 rings (SSSR count). The molecule has 0 bridgehead atoms. The molecule has 0 amide bonds. The number of hydrogen-bond donors (Lipinski definition) is 3. The molecule has 1 aromatic heterocycles. The van der Waals surface area contributed by atoms with Crippen LogP contribution in [0.2, 0.25) is 5.02 Å². The molecule has 0 aliphatic heterocycles. The van der Waals surface area contributed by atoms with E-state index in [1.54, 1.807) is 12.1 Å². The molecule has 0 fully saturated rings. The molecule has 2 aromatic carbocycles. The van der Waals surface area contributed by atoms with Crippen molar-refractivity contribution in [3.05, 3.63) is 47.5 Å². The van der Waals surface area contributed by atoms with Gasteiger partial charge in [0.2, 0.25) is 0 Å². The Labute approximate surface area is 146 Å². The van der Waals surface area contributed by atoms with E-state index in [9.17, 15) is 9.18 Å². The van der Waals surface area contributed by atoms with Gasteiger partial charge in [-0.25, -0.2) is 19.2 Å². The van der Waals surface area contributed by atoms with Crippen LogP contribution in [0.1, 0.15) is 0 Å². The van der Waals surface area contributed by atoms with Crippen LogP contribution in [-0.2, 0) is 4.79 Å². The van der Waals surface area contributed by atoms with Gasteiger partial charge < -0.3 is 20.9 Å². The van der Waals surface area contributed by atoms with Crippen molar-refractivity contribution in [3.63, 3.8) is 0 Å². The van der Waals surface area contributed by atoms with Gasteiger partial charge in [-0.15, -0.1) is 0 Å². The zero-order chi connectivity index (χ0) is 18.0. The van der Waals surface area contributed by atoms with Crippen LogP contribution in [0.4, 0.5) is 21.6 Å². The predicted molar refractivity (Wildman–Crippen MR) is 91.8 cm³/mol. The van der Waals surface area contributed by atoms with E-state index in [4.69, 9.17) is 27.2 Å². The van der Waals surface area contributed by atoms with Crippen LogP contribution >= 0.6 is 11.6 Å². The van der Waals surface area contributed by atoms with Crippen LogP contribution in [0, 0.1) is 5.82 Å². The van der Waals surface area contributed by atoms with Crippen molar-refractivity contribution in [2.75, 3.05) is 17.7 Å². The van der Waals surface area contributed by atoms with Gasteiger partial charge in [0, 0.05) is 11.8 Å². The van der Waals surface area contributed by atoms with Crippen molar-refractivity contribution in [2.45, 2.75) is 0 Å². The first-order valence-electron chi connectivity index (χ1n) is 7.05. The predicted octanol–water partition coefficient (Wildman–Crippen LogP) is 3.21. The van der Waals surface area contributed by atoms with E-state index in [-0.39, 0.29) is 5.75 Å². The molecular weight excluding hydrogens is 351 g/mol. The Hall–Kier alpha value is -3.13. The molecule has 0 radical (unpaired) electrons. The fraction of sp³-hybridized carbons (Fsp3) is 0.0625. The summed E-state index contributed by atoms with van der Waals surface area (Å²) in [6.45, 7) is -0.611. The SMILES string of the molecule is Nc1cc(Cl)c2c(Nc3ccc(F)cc3OCC(=O)O)ncnc2c1. The second-order valence-electron chi connectivity index (χ2n) is 5.07. The van der Waals surface area contributed by atoms with Crippen molar-refractivity contribution in [1.82, 2.24) is 9.97 Å². The largest absolute Gasteiger partial charge is 0.480 e. The van der Waals surface area contributed by atoms with Gasteiger partial charge in [-0.05, 0) is 24.3 Å². The van der Waals surface area contributed by atoms with E-state index in [1.807, 2.05) is 0 Å². The van der Waals surface area contributed by atoms with Gasteiger partial charge >= 0.3 is 5.97 Å². The Morgan fingerprint density at radius 2 is 2.12 bits per heavy atom. The number of carboxylic acid groups (broad SMARTS) is 1. The quantitative estimate of drug-likeness (QED) is 0.597. The second kappa shape index (κ2) is 6.78. The van der Waals surface area contributed by atoms with E-state index in [2.05, 4.69) is 15.3 Å². The Morgan fingerprint density at radius 3 is 2.88 bits per heavy atom. The van der Waals surface area contributed by atoms with E-state index in [0.717, 1.165) is 6.07 Å². The number of aromatic nitrogens is 2. The van der Waals surface area contributed by atoms with Gasteiger partial charge in [-0.1, -0.05) is 11.6 Å². The van der Waals surface area contributed by atoms with E-state index in [1.165, 1.54) is 18.5 Å². The lowest BCUT2D eigenvalue weighted by molar-refractivity contribution is -0.139. The Bertz CT molecular complexity index is 968. The first-order chi connectivity index (χ1) is 11.9. The highest BCUT2D eigenvalue weighted by atomic mass is 35.5. The molecule has 0 saturated carbocycles. The molecule has 7 nitrogen and oxygen atoms in total. The van der Waals surface area contributed by atoms with E-state index >= 15 is 0 Å². The zero-order valence-corrected chi connectivity index (χ0v) is 13.4. The third-order valence-electron chi connectivity index (χ3n) is 3.26. The van der Waals surface area contributed by atoms with Crippen molar-refractivity contribution in [3.8, 4) is 5.75 Å². The lowest BCUT2D eigenvalue weighted by Crippen LogP contribution is -2.10. The number of nitrogens with one attached hydrogen (secondary N) is 1. The smallest absolute Gasteiger partial charge is 0.341 e. The third-order valence-corrected chi connectivity index (χ3v) is 3.56. The minimum absolute atomic E-state index is 0.0285. The second-order valence-corrected chi connectivity index (χ2v) is 5.47. The number of rotatable bonds is 5. The molecule has 1 heterocycles. The van der Waals surface area contributed by atoms with Crippen LogP contribution in [0.25, 0.3) is 10.9 Å². The summed E-state index contributed by atoms with van der Waals surface area (Å²) in [7, 11) is 0. The van der Waals surface area contributed by atoms with E-state index < -0.39 is 18.4 Å². The molecule has 0 spiro atoms. The van der Waals surface area contributed by atoms with Gasteiger partial charge in [-0.3, -0.25) is 0 Å². The fourth-order valence-electron chi connectivity index (χ4n) is 2.24. The number of carboxylic acids is 1. The molecule has 0 aliphatic rings. The zero-order valence-electron chi connectivity index (χ0n) is 12.7. The van der Waals surface area contributed by atoms with Crippen LogP contribution < -0.4 is 15.8 Å². The monoisotopic (exact) mass is 362 g/mol. The van der Waals surface area contributed by atoms with E-state index in [0.29, 0.717) is 33.1 Å². The number of nitrogens with zero attached hydrogens (tertiary/aromatic N) is 2. The highest BCUT2D eigenvalue weighted by Crippen LogP contribution is 2.34. The number of hydrogen-bond acceptors (Lipinski definition) is 6. The standard InChI is InChI=1S/C16H12ClFN4O3/c17-10-4-9(19)5-12-15(10)16(21-7-20-12)22-11-2-1-8(18)3-13(11)25-6-14(23)24/h1-5,7H,6,19H2,(H,23,24)(H,20,21,22). The summed E-state index contributed by atoms with van der Waals surface area (Å²) < 4.78 is 18.6. The number of nitrogen functional groups attached to an aromatic ring is 1. The number of ether oxygens (including phenoxy) is 1. The number of fused-ring (bicyclic) bond motifs is 1. The number of nitrogens with two attached hydrogens (primary N) is 1. The topological polar surface area (TPSA) is 110 Å². The maximum absolute atomic E-state index is 13.5. The maximum Gasteiger partial charge on any atom is 0.341 e. The summed E-state index contributed by atoms with van der Waals surface area (Å²) in [5, 5.41) is 12.6. The molecule has 0 unspecified atom stereocenters. The molecule has 0 atom stereocenters. The normalized spacial score (nSPS) is 10.6. The summed E-state index contributed by atoms with van der Waals surface area (Å²) in [4.78, 5) is 18.9. The number of benzene rings is 2. The molecule has 3 aromatic rings. The van der Waals surface area contributed by atoms with Crippen LogP contribution in [-0.4, -0.2) is 27.7 Å². The van der Waals surface area contributed by atoms with Crippen molar-refractivity contribution < 1.29 is 19.0 Å². The van der Waals surface area contributed by atoms with Gasteiger partial charge in [0.05, 0.1) is 21.6 Å². The van der Waals surface area contributed by atoms with Gasteiger partial charge in [0.25, 0.3) is 0 Å². The average molecular weight is 363 g/mol. The molecular formula is C16H12ClFN4O3. The lowest BCUT2D eigenvalue weighted by atomic mass is 10.2. The molecule has 4 N–H and O–H groups in total. The Kier molecular flexibility index (Phi) is 4.53.